The van der Waals surface area contributed by atoms with Crippen LogP contribution in [0.2, 0.25) is 20.1 Å². The maximum absolute atomic E-state index is 13.6. The molecule has 2 aromatic carbocycles. The summed E-state index contributed by atoms with van der Waals surface area (Å²) in [6.45, 7) is 0.269. The number of carbonyl (C=O) groups is 1. The molecule has 1 N–H and O–H groups in total. The molecule has 1 amide bonds. The maximum atomic E-state index is 13.6. The average Bonchev–Trinajstić information content (AvgIpc) is 3.49. The third kappa shape index (κ3) is 5.85. The van der Waals surface area contributed by atoms with E-state index < -0.39 is 12.1 Å². The van der Waals surface area contributed by atoms with Gasteiger partial charge >= 0.3 is 6.18 Å². The van der Waals surface area contributed by atoms with Gasteiger partial charge in [0.15, 0.2) is 0 Å². The topological polar surface area (TPSA) is 29.1 Å². The summed E-state index contributed by atoms with van der Waals surface area (Å²) >= 11 is 23.8. The molecule has 0 radical (unpaired) electrons. The van der Waals surface area contributed by atoms with Crippen LogP contribution in [0.1, 0.15) is 35.4 Å². The number of halogens is 7. The Hall–Kier alpha value is -1.40. The van der Waals surface area contributed by atoms with E-state index in [0.717, 1.165) is 31.1 Å². The van der Waals surface area contributed by atoms with Crippen molar-refractivity contribution in [3.05, 3.63) is 73.2 Å². The lowest BCUT2D eigenvalue weighted by molar-refractivity contribution is -0.139. The minimum absolute atomic E-state index is 0.00290. The van der Waals surface area contributed by atoms with Gasteiger partial charge in [0.1, 0.15) is 0 Å². The van der Waals surface area contributed by atoms with Crippen LogP contribution < -0.4 is 5.32 Å². The fourth-order valence-electron chi connectivity index (χ4n) is 2.85. The van der Waals surface area contributed by atoms with Gasteiger partial charge in [-0.3, -0.25) is 4.79 Å². The Morgan fingerprint density at radius 2 is 1.70 bits per heavy atom. The third-order valence-corrected chi connectivity index (χ3v) is 6.23. The lowest BCUT2D eigenvalue weighted by Crippen LogP contribution is -2.24. The second-order valence-electron chi connectivity index (χ2n) is 7.02. The zero-order valence-corrected chi connectivity index (χ0v) is 18.4. The molecule has 1 aliphatic rings. The van der Waals surface area contributed by atoms with Gasteiger partial charge in [-0.2, -0.15) is 13.2 Å². The van der Waals surface area contributed by atoms with E-state index in [9.17, 15) is 18.0 Å². The van der Waals surface area contributed by atoms with Crippen molar-refractivity contribution in [3.8, 4) is 0 Å². The van der Waals surface area contributed by atoms with Crippen LogP contribution in [0.5, 0.6) is 0 Å². The minimum Gasteiger partial charge on any atom is -0.352 e. The average molecular weight is 497 g/mol. The molecule has 1 fully saturated rings. The molecule has 2 aromatic rings. The fourth-order valence-corrected chi connectivity index (χ4v) is 3.72. The molecule has 1 unspecified atom stereocenters. The van der Waals surface area contributed by atoms with Crippen molar-refractivity contribution in [2.45, 2.75) is 31.5 Å². The molecule has 2 nitrogen and oxygen atoms in total. The Kier molecular flexibility index (Phi) is 7.28. The highest BCUT2D eigenvalue weighted by Crippen LogP contribution is 2.41. The van der Waals surface area contributed by atoms with E-state index >= 15 is 0 Å². The van der Waals surface area contributed by atoms with Gasteiger partial charge in [0.25, 0.3) is 0 Å². The van der Waals surface area contributed by atoms with Gasteiger partial charge in [0.2, 0.25) is 5.91 Å². The number of hydrogen-bond acceptors (Lipinski definition) is 1. The van der Waals surface area contributed by atoms with Crippen LogP contribution in [-0.4, -0.2) is 12.1 Å². The summed E-state index contributed by atoms with van der Waals surface area (Å²) in [5.41, 5.74) is 1.05. The molecule has 0 aromatic heterocycles. The molecule has 0 saturated heterocycles. The largest absolute Gasteiger partial charge is 0.399 e. The first-order chi connectivity index (χ1) is 14.1. The smallest absolute Gasteiger partial charge is 0.352 e. The van der Waals surface area contributed by atoms with Gasteiger partial charge in [-0.25, -0.2) is 0 Å². The van der Waals surface area contributed by atoms with Crippen molar-refractivity contribution in [1.29, 1.82) is 0 Å². The predicted octanol–water partition coefficient (Wildman–Crippen LogP) is 7.69. The first-order valence-corrected chi connectivity index (χ1v) is 10.5. The minimum atomic E-state index is -4.56. The van der Waals surface area contributed by atoms with Gasteiger partial charge < -0.3 is 5.32 Å². The van der Waals surface area contributed by atoms with Crippen molar-refractivity contribution >= 4 is 58.4 Å². The van der Waals surface area contributed by atoms with Crippen molar-refractivity contribution < 1.29 is 18.0 Å². The van der Waals surface area contributed by atoms with Crippen LogP contribution >= 0.6 is 46.4 Å². The first kappa shape index (κ1) is 23.3. The summed E-state index contributed by atoms with van der Waals surface area (Å²) in [4.78, 5) is 11.7. The number of hydrogen-bond donors (Lipinski definition) is 1. The highest BCUT2D eigenvalue weighted by Gasteiger charge is 2.39. The molecule has 0 aliphatic heterocycles. The Morgan fingerprint density at radius 3 is 2.23 bits per heavy atom. The molecule has 9 heteroatoms. The second-order valence-corrected chi connectivity index (χ2v) is 8.62. The van der Waals surface area contributed by atoms with E-state index in [1.807, 2.05) is 0 Å². The number of nitrogens with one attached hydrogen (secondary N) is 1. The number of benzene rings is 2. The van der Waals surface area contributed by atoms with E-state index in [1.165, 1.54) is 6.08 Å². The molecule has 30 heavy (non-hydrogen) atoms. The Balaban J connectivity index is 1.78. The maximum Gasteiger partial charge on any atom is 0.399 e. The lowest BCUT2D eigenvalue weighted by atomic mass is 9.97. The lowest BCUT2D eigenvalue weighted by Gasteiger charge is -2.18. The van der Waals surface area contributed by atoms with Crippen LogP contribution in [0, 0.1) is 5.92 Å². The predicted molar refractivity (Wildman–Crippen MR) is 115 cm³/mol. The molecule has 160 valence electrons. The SMILES string of the molecule is O=C(NCc1ccc(/C=C/C(c2cc(Cl)c(Cl)c(Cl)c2)C(F)(F)F)cc1Cl)C1CC1. The number of carbonyl (C=O) groups excluding carboxylic acids is 1. The first-order valence-electron chi connectivity index (χ1n) is 9.01. The fraction of sp³-hybridized carbons (Fsp3) is 0.286. The Labute approximate surface area is 191 Å². The van der Waals surface area contributed by atoms with Crippen molar-refractivity contribution in [2.75, 3.05) is 0 Å². The van der Waals surface area contributed by atoms with Crippen LogP contribution in [-0.2, 0) is 11.3 Å². The standard InChI is InChI=1S/C21H16Cl4F3NO/c22-16-7-11(1-3-13(16)10-29-20(30)12-4-5-12)2-6-15(21(26,27)28)14-8-17(23)19(25)18(24)9-14/h1-3,6-9,12,15H,4-5,10H2,(H,29,30)/b6-2+. The molecule has 0 bridgehead atoms. The normalized spacial score (nSPS) is 15.4. The number of amides is 1. The summed E-state index contributed by atoms with van der Waals surface area (Å²) in [6.07, 6.45) is -0.432. The van der Waals surface area contributed by atoms with E-state index in [4.69, 9.17) is 46.4 Å². The van der Waals surface area contributed by atoms with E-state index in [2.05, 4.69) is 5.32 Å². The summed E-state index contributed by atoms with van der Waals surface area (Å²) in [5.74, 6) is -1.86. The monoisotopic (exact) mass is 495 g/mol. The van der Waals surface area contributed by atoms with Gasteiger partial charge in [0, 0.05) is 17.5 Å². The molecular weight excluding hydrogens is 481 g/mol. The molecule has 3 rings (SSSR count). The molecule has 0 spiro atoms. The van der Waals surface area contributed by atoms with E-state index in [1.54, 1.807) is 18.2 Å². The van der Waals surface area contributed by atoms with Crippen LogP contribution in [0.15, 0.2) is 36.4 Å². The number of alkyl halides is 3. The highest BCUT2D eigenvalue weighted by molar-refractivity contribution is 6.48. The number of allylic oxidation sites excluding steroid dienone is 1. The van der Waals surface area contributed by atoms with Gasteiger partial charge in [0.05, 0.1) is 21.0 Å². The zero-order valence-electron chi connectivity index (χ0n) is 15.4. The summed E-state index contributed by atoms with van der Waals surface area (Å²) in [6, 6.07) is 7.16. The summed E-state index contributed by atoms with van der Waals surface area (Å²) in [7, 11) is 0. The summed E-state index contributed by atoms with van der Waals surface area (Å²) in [5, 5.41) is 3.05. The third-order valence-electron chi connectivity index (χ3n) is 4.68. The van der Waals surface area contributed by atoms with Crippen LogP contribution in [0.4, 0.5) is 13.2 Å². The van der Waals surface area contributed by atoms with Crippen LogP contribution in [0.3, 0.4) is 0 Å². The highest BCUT2D eigenvalue weighted by atomic mass is 35.5. The zero-order chi connectivity index (χ0) is 22.1. The van der Waals surface area contributed by atoms with Gasteiger partial charge in [-0.05, 0) is 47.7 Å². The van der Waals surface area contributed by atoms with E-state index in [0.29, 0.717) is 16.1 Å². The Morgan fingerprint density at radius 1 is 1.07 bits per heavy atom. The van der Waals surface area contributed by atoms with Crippen LogP contribution in [0.25, 0.3) is 6.08 Å². The summed E-state index contributed by atoms with van der Waals surface area (Å²) < 4.78 is 40.9. The quantitative estimate of drug-likeness (QED) is 0.408. The molecule has 0 heterocycles. The molecular formula is C21H16Cl4F3NO. The molecule has 1 atom stereocenters. The molecule has 1 aliphatic carbocycles. The van der Waals surface area contributed by atoms with Crippen molar-refractivity contribution in [2.24, 2.45) is 5.92 Å². The van der Waals surface area contributed by atoms with E-state index in [-0.39, 0.29) is 39.0 Å². The number of rotatable bonds is 6. The molecule has 1 saturated carbocycles. The second kappa shape index (κ2) is 9.39. The van der Waals surface area contributed by atoms with Gasteiger partial charge in [-0.15, -0.1) is 0 Å². The van der Waals surface area contributed by atoms with Crippen molar-refractivity contribution in [1.82, 2.24) is 5.32 Å². The van der Waals surface area contributed by atoms with Gasteiger partial charge in [-0.1, -0.05) is 70.7 Å². The van der Waals surface area contributed by atoms with Crippen molar-refractivity contribution in [3.63, 3.8) is 0 Å². The Bertz CT molecular complexity index is 964.